The highest BCUT2D eigenvalue weighted by Gasteiger charge is 2.45. The molecule has 0 amide bonds. The lowest BCUT2D eigenvalue weighted by molar-refractivity contribution is -0.0492. The number of hydrogen-bond donors (Lipinski definition) is 4. The van der Waals surface area contributed by atoms with Gasteiger partial charge < -0.3 is 25.3 Å². The number of aromatic nitrogens is 3. The van der Waals surface area contributed by atoms with E-state index in [0.29, 0.717) is 0 Å². The van der Waals surface area contributed by atoms with Crippen molar-refractivity contribution in [3.63, 3.8) is 0 Å². The Morgan fingerprint density at radius 2 is 2.35 bits per heavy atom. The van der Waals surface area contributed by atoms with E-state index in [1.165, 1.54) is 16.8 Å². The maximum absolute atomic E-state index is 13.7. The van der Waals surface area contributed by atoms with E-state index in [1.807, 2.05) is 0 Å². The summed E-state index contributed by atoms with van der Waals surface area (Å²) in [6, 6.07) is 1.47. The number of nitrogens with two attached hydrogens (primary N) is 1. The number of aliphatic hydroxyl groups is 2. The molecule has 0 saturated carbocycles. The van der Waals surface area contributed by atoms with Gasteiger partial charge in [0, 0.05) is 6.20 Å². The summed E-state index contributed by atoms with van der Waals surface area (Å²) < 4.78 is 20.3. The standard InChI is InChI=1S/C11H13FN4O4/c12-6-5(3-17)20-10(7(6)18)16-2-1-4-8(16)14-11(13)15-9(4)19/h1-2,5-7,10,17-18H,3H2,(H3,13,14,15,19)/t5-,6?,7+,10-/m1/s1. The average molecular weight is 284 g/mol. The molecule has 0 radical (unpaired) electrons. The fraction of sp³-hybridized carbons (Fsp3) is 0.455. The second-order valence-corrected chi connectivity index (χ2v) is 4.59. The predicted octanol–water partition coefficient (Wildman–Crippen LogP) is -1.10. The number of anilines is 1. The van der Waals surface area contributed by atoms with Gasteiger partial charge in [-0.25, -0.2) is 4.39 Å². The number of ether oxygens (including phenoxy) is 1. The molecule has 20 heavy (non-hydrogen) atoms. The number of H-pyrrole nitrogens is 1. The molecular weight excluding hydrogens is 271 g/mol. The fourth-order valence-electron chi connectivity index (χ4n) is 2.35. The minimum Gasteiger partial charge on any atom is -0.394 e. The minimum atomic E-state index is -1.72. The van der Waals surface area contributed by atoms with Crippen LogP contribution in [0.4, 0.5) is 10.3 Å². The highest BCUT2D eigenvalue weighted by atomic mass is 19.1. The molecule has 9 heteroatoms. The van der Waals surface area contributed by atoms with E-state index in [9.17, 15) is 14.3 Å². The smallest absolute Gasteiger partial charge is 0.261 e. The van der Waals surface area contributed by atoms with Crippen LogP contribution in [0.3, 0.4) is 0 Å². The molecule has 1 aliphatic rings. The molecule has 1 fully saturated rings. The van der Waals surface area contributed by atoms with Crippen LogP contribution in [-0.2, 0) is 4.74 Å². The Balaban J connectivity index is 2.09. The van der Waals surface area contributed by atoms with E-state index in [2.05, 4.69) is 9.97 Å². The number of nitrogens with zero attached hydrogens (tertiary/aromatic N) is 2. The van der Waals surface area contributed by atoms with E-state index in [-0.39, 0.29) is 17.0 Å². The molecule has 1 unspecified atom stereocenters. The first-order valence-electron chi connectivity index (χ1n) is 5.97. The average Bonchev–Trinajstić information content (AvgIpc) is 2.93. The summed E-state index contributed by atoms with van der Waals surface area (Å²) in [6.45, 7) is -0.552. The normalized spacial score (nSPS) is 30.1. The molecule has 1 aliphatic heterocycles. The zero-order chi connectivity index (χ0) is 14.4. The Morgan fingerprint density at radius 3 is 3.00 bits per heavy atom. The van der Waals surface area contributed by atoms with Crippen LogP contribution in [-0.4, -0.2) is 49.7 Å². The molecule has 0 spiro atoms. The molecule has 0 aromatic carbocycles. The van der Waals surface area contributed by atoms with Gasteiger partial charge >= 0.3 is 0 Å². The molecule has 2 aromatic rings. The fourth-order valence-corrected chi connectivity index (χ4v) is 2.35. The first-order chi connectivity index (χ1) is 9.52. The number of halogens is 1. The molecule has 3 heterocycles. The SMILES string of the molecule is Nc1nc2c(ccn2[C@@H]2O[C@H](CO)C(F)[C@@H]2O)c(=O)[nH]1. The van der Waals surface area contributed by atoms with Gasteiger partial charge in [-0.05, 0) is 6.07 Å². The highest BCUT2D eigenvalue weighted by Crippen LogP contribution is 2.33. The van der Waals surface area contributed by atoms with Crippen molar-refractivity contribution in [2.45, 2.75) is 24.6 Å². The van der Waals surface area contributed by atoms with Crippen molar-refractivity contribution in [1.29, 1.82) is 0 Å². The zero-order valence-corrected chi connectivity index (χ0v) is 10.2. The lowest BCUT2D eigenvalue weighted by atomic mass is 10.1. The quantitative estimate of drug-likeness (QED) is 0.554. The molecule has 108 valence electrons. The summed E-state index contributed by atoms with van der Waals surface area (Å²) in [7, 11) is 0. The van der Waals surface area contributed by atoms with Crippen LogP contribution in [0.1, 0.15) is 6.23 Å². The maximum Gasteiger partial charge on any atom is 0.261 e. The molecule has 3 rings (SSSR count). The van der Waals surface area contributed by atoms with Gasteiger partial charge in [0.2, 0.25) is 5.95 Å². The van der Waals surface area contributed by atoms with Gasteiger partial charge in [-0.2, -0.15) is 4.98 Å². The molecule has 0 aliphatic carbocycles. The van der Waals surface area contributed by atoms with Crippen LogP contribution in [0.15, 0.2) is 17.1 Å². The van der Waals surface area contributed by atoms with E-state index in [4.69, 9.17) is 15.6 Å². The van der Waals surface area contributed by atoms with Crippen molar-refractivity contribution >= 4 is 17.0 Å². The first-order valence-corrected chi connectivity index (χ1v) is 5.97. The Bertz CT molecular complexity index is 699. The molecule has 8 nitrogen and oxygen atoms in total. The lowest BCUT2D eigenvalue weighted by Gasteiger charge is -2.16. The number of alkyl halides is 1. The number of hydrogen-bond acceptors (Lipinski definition) is 6. The summed E-state index contributed by atoms with van der Waals surface area (Å²) in [4.78, 5) is 18.0. The summed E-state index contributed by atoms with van der Waals surface area (Å²) in [5.41, 5.74) is 5.22. The van der Waals surface area contributed by atoms with E-state index in [0.717, 1.165) is 0 Å². The van der Waals surface area contributed by atoms with Crippen LogP contribution >= 0.6 is 0 Å². The van der Waals surface area contributed by atoms with Gasteiger partial charge in [0.15, 0.2) is 18.0 Å². The van der Waals surface area contributed by atoms with Gasteiger partial charge in [-0.1, -0.05) is 0 Å². The predicted molar refractivity (Wildman–Crippen MR) is 66.7 cm³/mol. The number of nitrogens with one attached hydrogen (secondary N) is 1. The first kappa shape index (κ1) is 13.0. The van der Waals surface area contributed by atoms with Gasteiger partial charge in [0.25, 0.3) is 5.56 Å². The van der Waals surface area contributed by atoms with Gasteiger partial charge in [-0.3, -0.25) is 9.78 Å². The number of nitrogen functional groups attached to an aromatic ring is 1. The molecule has 2 aromatic heterocycles. The second kappa shape index (κ2) is 4.54. The molecule has 5 N–H and O–H groups in total. The minimum absolute atomic E-state index is 0.0922. The van der Waals surface area contributed by atoms with E-state index in [1.54, 1.807) is 0 Å². The molecule has 4 atom stereocenters. The Labute approximate surface area is 111 Å². The molecule has 1 saturated heterocycles. The van der Waals surface area contributed by atoms with Gasteiger partial charge in [0.05, 0.1) is 12.0 Å². The number of aliphatic hydroxyl groups excluding tert-OH is 2. The van der Waals surface area contributed by atoms with E-state index < -0.39 is 36.8 Å². The zero-order valence-electron chi connectivity index (χ0n) is 10.2. The third-order valence-corrected chi connectivity index (χ3v) is 3.34. The topological polar surface area (TPSA) is 126 Å². The Morgan fingerprint density at radius 1 is 1.60 bits per heavy atom. The monoisotopic (exact) mass is 284 g/mol. The van der Waals surface area contributed by atoms with Crippen LogP contribution < -0.4 is 11.3 Å². The number of fused-ring (bicyclic) bond motifs is 1. The van der Waals surface area contributed by atoms with Gasteiger partial charge in [0.1, 0.15) is 12.2 Å². The summed E-state index contributed by atoms with van der Waals surface area (Å²) in [6.07, 6.45) is -3.93. The Hall–Kier alpha value is -1.97. The summed E-state index contributed by atoms with van der Waals surface area (Å²) >= 11 is 0. The van der Waals surface area contributed by atoms with Crippen LogP contribution in [0.2, 0.25) is 0 Å². The van der Waals surface area contributed by atoms with Crippen molar-refractivity contribution in [3.05, 3.63) is 22.6 Å². The van der Waals surface area contributed by atoms with E-state index >= 15 is 0 Å². The van der Waals surface area contributed by atoms with Crippen LogP contribution in [0.5, 0.6) is 0 Å². The van der Waals surface area contributed by atoms with Crippen molar-refractivity contribution in [3.8, 4) is 0 Å². The molecular formula is C11H13FN4O4. The third-order valence-electron chi connectivity index (χ3n) is 3.34. The summed E-state index contributed by atoms with van der Waals surface area (Å²) in [5.74, 6) is -0.0922. The highest BCUT2D eigenvalue weighted by molar-refractivity contribution is 5.76. The number of aromatic amines is 1. The van der Waals surface area contributed by atoms with Crippen molar-refractivity contribution in [2.75, 3.05) is 12.3 Å². The van der Waals surface area contributed by atoms with Crippen LogP contribution in [0, 0.1) is 0 Å². The lowest BCUT2D eigenvalue weighted by Crippen LogP contribution is -2.29. The van der Waals surface area contributed by atoms with Crippen molar-refractivity contribution in [1.82, 2.24) is 14.5 Å². The van der Waals surface area contributed by atoms with Crippen molar-refractivity contribution in [2.24, 2.45) is 0 Å². The maximum atomic E-state index is 13.7. The summed E-state index contributed by atoms with van der Waals surface area (Å²) in [5, 5.41) is 19.1. The van der Waals surface area contributed by atoms with Gasteiger partial charge in [-0.15, -0.1) is 0 Å². The number of rotatable bonds is 2. The third kappa shape index (κ3) is 1.79. The largest absolute Gasteiger partial charge is 0.394 e. The Kier molecular flexibility index (Phi) is 2.96. The van der Waals surface area contributed by atoms with Crippen LogP contribution in [0.25, 0.3) is 11.0 Å². The second-order valence-electron chi connectivity index (χ2n) is 4.59. The molecule has 0 bridgehead atoms. The van der Waals surface area contributed by atoms with Crippen molar-refractivity contribution < 1.29 is 19.3 Å².